The van der Waals surface area contributed by atoms with Gasteiger partial charge < -0.3 is 10.1 Å². The maximum absolute atomic E-state index is 12.3. The molecule has 2 rings (SSSR count). The lowest BCUT2D eigenvalue weighted by atomic mass is 10.2. The molecule has 1 amide bonds. The second kappa shape index (κ2) is 7.65. The number of anilines is 1. The first kappa shape index (κ1) is 16.8. The molecular formula is C17H17BrClNO2. The highest BCUT2D eigenvalue weighted by atomic mass is 79.9. The molecule has 3 nitrogen and oxygen atoms in total. The second-order valence-electron chi connectivity index (χ2n) is 4.93. The Bertz CT molecular complexity index is 675. The zero-order chi connectivity index (χ0) is 16.1. The normalized spacial score (nSPS) is 11.8. The minimum Gasteiger partial charge on any atom is -0.481 e. The van der Waals surface area contributed by atoms with Crippen LogP contribution in [-0.2, 0) is 4.79 Å². The van der Waals surface area contributed by atoms with Gasteiger partial charge >= 0.3 is 0 Å². The third-order valence-electron chi connectivity index (χ3n) is 3.16. The van der Waals surface area contributed by atoms with Crippen LogP contribution >= 0.6 is 27.5 Å². The van der Waals surface area contributed by atoms with Crippen LogP contribution in [0.1, 0.15) is 18.9 Å². The first-order valence-corrected chi connectivity index (χ1v) is 8.16. The lowest BCUT2D eigenvalue weighted by Gasteiger charge is -2.18. The Morgan fingerprint density at radius 3 is 2.73 bits per heavy atom. The van der Waals surface area contributed by atoms with E-state index >= 15 is 0 Å². The van der Waals surface area contributed by atoms with Gasteiger partial charge in [0.05, 0.1) is 0 Å². The molecular weight excluding hydrogens is 366 g/mol. The molecule has 0 unspecified atom stereocenters. The average Bonchev–Trinajstić information content (AvgIpc) is 2.48. The summed E-state index contributed by atoms with van der Waals surface area (Å²) in [6.07, 6.45) is 0.0150. The molecule has 22 heavy (non-hydrogen) atoms. The van der Waals surface area contributed by atoms with E-state index in [2.05, 4.69) is 21.2 Å². The van der Waals surface area contributed by atoms with E-state index in [0.29, 0.717) is 17.2 Å². The van der Waals surface area contributed by atoms with Crippen LogP contribution in [0.2, 0.25) is 5.02 Å². The molecule has 116 valence electrons. The molecule has 0 aliphatic carbocycles. The number of carbonyl (C=O) groups is 1. The van der Waals surface area contributed by atoms with Crippen molar-refractivity contribution in [3.8, 4) is 5.75 Å². The summed E-state index contributed by atoms with van der Waals surface area (Å²) in [5.41, 5.74) is 1.65. The maximum atomic E-state index is 12.3. The van der Waals surface area contributed by atoms with Gasteiger partial charge in [-0.25, -0.2) is 0 Å². The summed E-state index contributed by atoms with van der Waals surface area (Å²) >= 11 is 9.38. The minimum atomic E-state index is -0.556. The predicted molar refractivity (Wildman–Crippen MR) is 93.7 cm³/mol. The molecule has 0 saturated carbocycles. The molecule has 0 aliphatic heterocycles. The summed E-state index contributed by atoms with van der Waals surface area (Å²) in [7, 11) is 0. The summed E-state index contributed by atoms with van der Waals surface area (Å²) in [6, 6.07) is 12.8. The molecule has 0 aromatic heterocycles. The summed E-state index contributed by atoms with van der Waals surface area (Å²) in [5, 5.41) is 3.54. The monoisotopic (exact) mass is 381 g/mol. The van der Waals surface area contributed by atoms with Gasteiger partial charge in [-0.05, 0) is 55.3 Å². The lowest BCUT2D eigenvalue weighted by Crippen LogP contribution is -2.32. The first-order valence-electron chi connectivity index (χ1n) is 6.99. The van der Waals surface area contributed by atoms with Crippen molar-refractivity contribution < 1.29 is 9.53 Å². The quantitative estimate of drug-likeness (QED) is 0.771. The lowest BCUT2D eigenvalue weighted by molar-refractivity contribution is -0.122. The van der Waals surface area contributed by atoms with Gasteiger partial charge in [0.15, 0.2) is 6.10 Å². The van der Waals surface area contributed by atoms with E-state index in [0.717, 1.165) is 15.7 Å². The third kappa shape index (κ3) is 4.49. The van der Waals surface area contributed by atoms with Crippen molar-refractivity contribution in [1.29, 1.82) is 0 Å². The van der Waals surface area contributed by atoms with Gasteiger partial charge in [0.1, 0.15) is 5.75 Å². The Kier molecular flexibility index (Phi) is 5.86. The Hall–Kier alpha value is -1.52. The molecule has 1 N–H and O–H groups in total. The van der Waals surface area contributed by atoms with Crippen molar-refractivity contribution in [3.63, 3.8) is 0 Å². The number of rotatable bonds is 5. The van der Waals surface area contributed by atoms with Crippen molar-refractivity contribution in [1.82, 2.24) is 0 Å². The Balaban J connectivity index is 2.07. The number of halogens is 2. The molecule has 1 atom stereocenters. The average molecular weight is 383 g/mol. The van der Waals surface area contributed by atoms with E-state index < -0.39 is 6.10 Å². The van der Waals surface area contributed by atoms with Gasteiger partial charge in [0.25, 0.3) is 5.91 Å². The minimum absolute atomic E-state index is 0.173. The zero-order valence-electron chi connectivity index (χ0n) is 12.4. The number of ether oxygens (including phenoxy) is 1. The molecule has 0 radical (unpaired) electrons. The highest BCUT2D eigenvalue weighted by molar-refractivity contribution is 9.10. The van der Waals surface area contributed by atoms with Crippen molar-refractivity contribution in [2.45, 2.75) is 26.4 Å². The van der Waals surface area contributed by atoms with E-state index in [-0.39, 0.29) is 5.91 Å². The summed E-state index contributed by atoms with van der Waals surface area (Å²) in [6.45, 7) is 3.81. The molecule has 0 bridgehead atoms. The zero-order valence-corrected chi connectivity index (χ0v) is 14.7. The van der Waals surface area contributed by atoms with Crippen molar-refractivity contribution in [2.24, 2.45) is 0 Å². The fourth-order valence-electron chi connectivity index (χ4n) is 1.97. The highest BCUT2D eigenvalue weighted by Crippen LogP contribution is 2.23. The summed E-state index contributed by atoms with van der Waals surface area (Å²) < 4.78 is 6.69. The maximum Gasteiger partial charge on any atom is 0.265 e. The fraction of sp³-hybridized carbons (Fsp3) is 0.235. The van der Waals surface area contributed by atoms with Gasteiger partial charge in [-0.1, -0.05) is 40.5 Å². The van der Waals surface area contributed by atoms with E-state index in [9.17, 15) is 4.79 Å². The molecule has 0 spiro atoms. The first-order chi connectivity index (χ1) is 10.5. The van der Waals surface area contributed by atoms with Gasteiger partial charge in [-0.3, -0.25) is 4.79 Å². The standard InChI is InChI=1S/C17H17BrClNO2/c1-3-16(22-14-7-8-15(19)11(2)9-14)17(21)20-13-6-4-5-12(18)10-13/h4-10,16H,3H2,1-2H3,(H,20,21)/t16-/m0/s1. The summed E-state index contributed by atoms with van der Waals surface area (Å²) in [4.78, 5) is 12.3. The third-order valence-corrected chi connectivity index (χ3v) is 4.08. The van der Waals surface area contributed by atoms with Crippen LogP contribution in [0.25, 0.3) is 0 Å². The van der Waals surface area contributed by atoms with Crippen LogP contribution in [0.4, 0.5) is 5.69 Å². The smallest absolute Gasteiger partial charge is 0.265 e. The molecule has 0 fully saturated rings. The molecule has 0 saturated heterocycles. The molecule has 2 aromatic carbocycles. The number of hydrogen-bond acceptors (Lipinski definition) is 2. The van der Waals surface area contributed by atoms with Crippen LogP contribution in [0.3, 0.4) is 0 Å². The topological polar surface area (TPSA) is 38.3 Å². The SMILES string of the molecule is CC[C@H](Oc1ccc(Cl)c(C)c1)C(=O)Nc1cccc(Br)c1. The van der Waals surface area contributed by atoms with Gasteiger partial charge in [0, 0.05) is 15.2 Å². The molecule has 5 heteroatoms. The molecule has 2 aromatic rings. The Labute approximate surface area is 143 Å². The predicted octanol–water partition coefficient (Wildman–Crippen LogP) is 5.21. The Morgan fingerprint density at radius 2 is 2.09 bits per heavy atom. The second-order valence-corrected chi connectivity index (χ2v) is 6.25. The van der Waals surface area contributed by atoms with Crippen LogP contribution < -0.4 is 10.1 Å². The van der Waals surface area contributed by atoms with Crippen LogP contribution in [0.15, 0.2) is 46.9 Å². The number of amides is 1. The number of hydrogen-bond donors (Lipinski definition) is 1. The van der Waals surface area contributed by atoms with E-state index in [1.165, 1.54) is 0 Å². The van der Waals surface area contributed by atoms with E-state index in [1.54, 1.807) is 12.1 Å². The van der Waals surface area contributed by atoms with Crippen molar-refractivity contribution in [3.05, 3.63) is 57.5 Å². The molecule has 0 heterocycles. The number of carbonyl (C=O) groups excluding carboxylic acids is 1. The van der Waals surface area contributed by atoms with Gasteiger partial charge in [-0.15, -0.1) is 0 Å². The van der Waals surface area contributed by atoms with Crippen LogP contribution in [-0.4, -0.2) is 12.0 Å². The van der Waals surface area contributed by atoms with Crippen LogP contribution in [0, 0.1) is 6.92 Å². The highest BCUT2D eigenvalue weighted by Gasteiger charge is 2.18. The van der Waals surface area contributed by atoms with E-state index in [4.69, 9.17) is 16.3 Å². The van der Waals surface area contributed by atoms with E-state index in [1.807, 2.05) is 44.2 Å². The van der Waals surface area contributed by atoms with Crippen molar-refractivity contribution >= 4 is 39.1 Å². The number of benzene rings is 2. The molecule has 0 aliphatic rings. The van der Waals surface area contributed by atoms with Gasteiger partial charge in [-0.2, -0.15) is 0 Å². The van der Waals surface area contributed by atoms with Crippen molar-refractivity contribution in [2.75, 3.05) is 5.32 Å². The number of aryl methyl sites for hydroxylation is 1. The van der Waals surface area contributed by atoms with Gasteiger partial charge in [0.2, 0.25) is 0 Å². The Morgan fingerprint density at radius 1 is 1.32 bits per heavy atom. The largest absolute Gasteiger partial charge is 0.481 e. The van der Waals surface area contributed by atoms with Crippen LogP contribution in [0.5, 0.6) is 5.75 Å². The summed E-state index contributed by atoms with van der Waals surface area (Å²) in [5.74, 6) is 0.464. The number of nitrogens with one attached hydrogen (secondary N) is 1. The fourth-order valence-corrected chi connectivity index (χ4v) is 2.48.